The Morgan fingerprint density at radius 2 is 2.33 bits per heavy atom. The summed E-state index contributed by atoms with van der Waals surface area (Å²) in [5, 5.41) is 4.04. The zero-order valence-corrected chi connectivity index (χ0v) is 13.5. The number of rotatable bonds is 8. The Bertz CT molecular complexity index is 415. The summed E-state index contributed by atoms with van der Waals surface area (Å²) in [5.74, 6) is -0.206. The summed E-state index contributed by atoms with van der Waals surface area (Å²) in [6, 6.07) is 5.15. The van der Waals surface area contributed by atoms with Gasteiger partial charge in [-0.15, -0.1) is 0 Å². The van der Waals surface area contributed by atoms with Crippen molar-refractivity contribution in [1.82, 2.24) is 5.32 Å². The fourth-order valence-electron chi connectivity index (χ4n) is 2.86. The van der Waals surface area contributed by atoms with Crippen molar-refractivity contribution in [3.63, 3.8) is 0 Å². The molecular weight excluding hydrogens is 289 g/mol. The third kappa shape index (κ3) is 5.24. The molecule has 1 fully saturated rings. The summed E-state index contributed by atoms with van der Waals surface area (Å²) < 4.78 is 19.6. The molecule has 1 saturated heterocycles. The van der Waals surface area contributed by atoms with Crippen molar-refractivity contribution in [3.05, 3.63) is 34.6 Å². The van der Waals surface area contributed by atoms with Crippen LogP contribution >= 0.6 is 11.6 Å². The van der Waals surface area contributed by atoms with Gasteiger partial charge in [-0.05, 0) is 57.2 Å². The van der Waals surface area contributed by atoms with Crippen LogP contribution in [0.4, 0.5) is 4.39 Å². The molecule has 2 unspecified atom stereocenters. The standard InChI is InChI=1S/C17H25ClFNO/c1-2-10-20-13(8-9-14-5-4-11-21-14)12-15-16(18)6-3-7-17(15)19/h3,6-7,13-14,20H,2,4-5,8-12H2,1H3. The van der Waals surface area contributed by atoms with Crippen LogP contribution in [0.3, 0.4) is 0 Å². The van der Waals surface area contributed by atoms with Crippen LogP contribution in [-0.4, -0.2) is 25.3 Å². The van der Waals surface area contributed by atoms with Crippen LogP contribution in [0.25, 0.3) is 0 Å². The van der Waals surface area contributed by atoms with Crippen LogP contribution in [0.5, 0.6) is 0 Å². The van der Waals surface area contributed by atoms with Gasteiger partial charge in [0.15, 0.2) is 0 Å². The predicted molar refractivity (Wildman–Crippen MR) is 85.4 cm³/mol. The SMILES string of the molecule is CCCNC(CCC1CCCO1)Cc1c(F)cccc1Cl. The average molecular weight is 314 g/mol. The minimum Gasteiger partial charge on any atom is -0.378 e. The van der Waals surface area contributed by atoms with Gasteiger partial charge in [-0.3, -0.25) is 0 Å². The summed E-state index contributed by atoms with van der Waals surface area (Å²) in [6.45, 7) is 3.97. The Kier molecular flexibility index (Phi) is 6.94. The van der Waals surface area contributed by atoms with Crippen molar-refractivity contribution in [2.75, 3.05) is 13.2 Å². The van der Waals surface area contributed by atoms with E-state index >= 15 is 0 Å². The second kappa shape index (κ2) is 8.72. The molecule has 4 heteroatoms. The Balaban J connectivity index is 1.94. The van der Waals surface area contributed by atoms with Gasteiger partial charge in [0.2, 0.25) is 0 Å². The number of hydrogen-bond acceptors (Lipinski definition) is 2. The Morgan fingerprint density at radius 3 is 3.00 bits per heavy atom. The van der Waals surface area contributed by atoms with E-state index in [1.165, 1.54) is 6.07 Å². The maximum atomic E-state index is 13.9. The van der Waals surface area contributed by atoms with Gasteiger partial charge >= 0.3 is 0 Å². The summed E-state index contributed by atoms with van der Waals surface area (Å²) in [5.41, 5.74) is 0.625. The van der Waals surface area contributed by atoms with E-state index in [1.54, 1.807) is 12.1 Å². The van der Waals surface area contributed by atoms with Crippen LogP contribution in [0.2, 0.25) is 5.02 Å². The van der Waals surface area contributed by atoms with Gasteiger partial charge in [0.1, 0.15) is 5.82 Å². The first kappa shape index (κ1) is 16.7. The monoisotopic (exact) mass is 313 g/mol. The molecule has 1 aromatic carbocycles. The van der Waals surface area contributed by atoms with Crippen LogP contribution < -0.4 is 5.32 Å². The van der Waals surface area contributed by atoms with E-state index in [0.717, 1.165) is 45.3 Å². The van der Waals surface area contributed by atoms with E-state index in [9.17, 15) is 4.39 Å². The molecule has 0 aliphatic carbocycles. The van der Waals surface area contributed by atoms with Crippen molar-refractivity contribution in [2.24, 2.45) is 0 Å². The molecule has 0 aromatic heterocycles. The average Bonchev–Trinajstić information content (AvgIpc) is 2.98. The summed E-state index contributed by atoms with van der Waals surface area (Å²) in [7, 11) is 0. The number of benzene rings is 1. The number of hydrogen-bond donors (Lipinski definition) is 1. The first-order valence-electron chi connectivity index (χ1n) is 7.98. The smallest absolute Gasteiger partial charge is 0.127 e. The van der Waals surface area contributed by atoms with E-state index in [0.29, 0.717) is 23.1 Å². The lowest BCUT2D eigenvalue weighted by atomic mass is 9.98. The minimum atomic E-state index is -0.206. The van der Waals surface area contributed by atoms with Crippen LogP contribution in [0, 0.1) is 5.82 Å². The normalized spacial score (nSPS) is 19.9. The summed E-state index contributed by atoms with van der Waals surface area (Å²) >= 11 is 6.14. The summed E-state index contributed by atoms with van der Waals surface area (Å²) in [4.78, 5) is 0. The van der Waals surface area contributed by atoms with Gasteiger partial charge in [0.25, 0.3) is 0 Å². The predicted octanol–water partition coefficient (Wildman–Crippen LogP) is 4.35. The molecule has 21 heavy (non-hydrogen) atoms. The van der Waals surface area contributed by atoms with E-state index in [4.69, 9.17) is 16.3 Å². The highest BCUT2D eigenvalue weighted by molar-refractivity contribution is 6.31. The van der Waals surface area contributed by atoms with Crippen LogP contribution in [0.15, 0.2) is 18.2 Å². The molecule has 2 atom stereocenters. The number of nitrogens with one attached hydrogen (secondary N) is 1. The zero-order chi connectivity index (χ0) is 15.1. The number of halogens is 2. The molecule has 0 amide bonds. The molecule has 1 N–H and O–H groups in total. The molecule has 1 aliphatic heterocycles. The Hall–Kier alpha value is -0.640. The number of ether oxygens (including phenoxy) is 1. The van der Waals surface area contributed by atoms with Crippen molar-refractivity contribution < 1.29 is 9.13 Å². The van der Waals surface area contributed by atoms with Gasteiger partial charge < -0.3 is 10.1 Å². The molecule has 2 nitrogen and oxygen atoms in total. The lowest BCUT2D eigenvalue weighted by molar-refractivity contribution is 0.0995. The highest BCUT2D eigenvalue weighted by atomic mass is 35.5. The molecule has 0 spiro atoms. The van der Waals surface area contributed by atoms with E-state index in [2.05, 4.69) is 12.2 Å². The fraction of sp³-hybridized carbons (Fsp3) is 0.647. The molecular formula is C17H25ClFNO. The second-order valence-electron chi connectivity index (χ2n) is 5.77. The summed E-state index contributed by atoms with van der Waals surface area (Å²) in [6.07, 6.45) is 6.44. The van der Waals surface area contributed by atoms with E-state index in [1.807, 2.05) is 0 Å². The van der Waals surface area contributed by atoms with Gasteiger partial charge in [0.05, 0.1) is 6.10 Å². The quantitative estimate of drug-likeness (QED) is 0.770. The maximum absolute atomic E-state index is 13.9. The van der Waals surface area contributed by atoms with Gasteiger partial charge in [-0.1, -0.05) is 24.6 Å². The van der Waals surface area contributed by atoms with Gasteiger partial charge in [-0.25, -0.2) is 4.39 Å². The van der Waals surface area contributed by atoms with Crippen molar-refractivity contribution in [1.29, 1.82) is 0 Å². The second-order valence-corrected chi connectivity index (χ2v) is 6.17. The van der Waals surface area contributed by atoms with Crippen molar-refractivity contribution >= 4 is 11.6 Å². The molecule has 1 aromatic rings. The highest BCUT2D eigenvalue weighted by Crippen LogP contribution is 2.23. The van der Waals surface area contributed by atoms with Crippen molar-refractivity contribution in [2.45, 2.75) is 57.6 Å². The minimum absolute atomic E-state index is 0.206. The van der Waals surface area contributed by atoms with Gasteiger partial charge in [0, 0.05) is 23.2 Å². The molecule has 2 rings (SSSR count). The Labute approximate surface area is 132 Å². The topological polar surface area (TPSA) is 21.3 Å². The third-order valence-electron chi connectivity index (χ3n) is 4.06. The van der Waals surface area contributed by atoms with Crippen molar-refractivity contribution in [3.8, 4) is 0 Å². The highest BCUT2D eigenvalue weighted by Gasteiger charge is 2.19. The molecule has 0 bridgehead atoms. The van der Waals surface area contributed by atoms with Crippen LogP contribution in [-0.2, 0) is 11.2 Å². The van der Waals surface area contributed by atoms with E-state index < -0.39 is 0 Å². The molecule has 0 saturated carbocycles. The lowest BCUT2D eigenvalue weighted by Gasteiger charge is -2.21. The Morgan fingerprint density at radius 1 is 1.48 bits per heavy atom. The molecule has 1 heterocycles. The lowest BCUT2D eigenvalue weighted by Crippen LogP contribution is -2.33. The first-order valence-corrected chi connectivity index (χ1v) is 8.36. The first-order chi connectivity index (χ1) is 10.2. The largest absolute Gasteiger partial charge is 0.378 e. The third-order valence-corrected chi connectivity index (χ3v) is 4.41. The van der Waals surface area contributed by atoms with Gasteiger partial charge in [-0.2, -0.15) is 0 Å². The van der Waals surface area contributed by atoms with E-state index in [-0.39, 0.29) is 11.9 Å². The van der Waals surface area contributed by atoms with Crippen LogP contribution in [0.1, 0.15) is 44.6 Å². The molecule has 1 aliphatic rings. The molecule has 118 valence electrons. The molecule has 0 radical (unpaired) electrons. The fourth-order valence-corrected chi connectivity index (χ4v) is 3.10. The zero-order valence-electron chi connectivity index (χ0n) is 12.7. The maximum Gasteiger partial charge on any atom is 0.127 e.